The van der Waals surface area contributed by atoms with Gasteiger partial charge >= 0.3 is 5.97 Å². The normalized spacial score (nSPS) is 15.5. The number of nitrogens with zero attached hydrogens (tertiary/aromatic N) is 1. The number of carboxylic acid groups (broad SMARTS) is 1. The van der Waals surface area contributed by atoms with E-state index in [1.54, 1.807) is 31.2 Å². The first-order valence-electron chi connectivity index (χ1n) is 12.8. The van der Waals surface area contributed by atoms with Gasteiger partial charge in [-0.15, -0.1) is 0 Å². The minimum atomic E-state index is -1.02. The van der Waals surface area contributed by atoms with Gasteiger partial charge in [-0.1, -0.05) is 84.9 Å². The van der Waals surface area contributed by atoms with E-state index in [2.05, 4.69) is 4.90 Å². The first kappa shape index (κ1) is 28.3. The molecular weight excluding hydrogens is 466 g/mol. The lowest BCUT2D eigenvalue weighted by Gasteiger charge is -2.42. The van der Waals surface area contributed by atoms with Gasteiger partial charge in [-0.25, -0.2) is 0 Å². The molecule has 1 atom stereocenters. The lowest BCUT2D eigenvalue weighted by molar-refractivity contribution is -0.138. The van der Waals surface area contributed by atoms with Gasteiger partial charge in [0, 0.05) is 12.0 Å². The van der Waals surface area contributed by atoms with Gasteiger partial charge < -0.3 is 20.6 Å². The summed E-state index contributed by atoms with van der Waals surface area (Å²) in [6.45, 7) is 4.27. The molecule has 1 heterocycles. The number of hydrogen-bond donors (Lipinski definition) is 2. The summed E-state index contributed by atoms with van der Waals surface area (Å²) in [6, 6.07) is 26.9. The zero-order valence-electron chi connectivity index (χ0n) is 21.3. The number of Topliss-reactive ketones (excluding diaryl/α,β-unsaturated/α-hetero) is 1. The third-order valence-corrected chi connectivity index (χ3v) is 7.59. The minimum absolute atomic E-state index is 0. The standard InChI is InChI=1S/C31H35NO4.H2O/c1-23(30(34)35)24-14-16-25(17-15-24)29(33)13-8-20-32-21-18-28(19-22-32)31(36,26-9-4-2-5-10-26)27-11-6-3-7-12-27;/h2-7,9-12,14-17,23,28,36H,8,13,18-22H2,1H3,(H,34,35);1H2. The molecule has 1 fully saturated rings. The van der Waals surface area contributed by atoms with Crippen molar-refractivity contribution in [2.24, 2.45) is 5.92 Å². The van der Waals surface area contributed by atoms with Crippen LogP contribution in [0, 0.1) is 5.92 Å². The molecule has 0 spiro atoms. The number of likely N-dealkylation sites (tertiary alicyclic amines) is 1. The van der Waals surface area contributed by atoms with Crippen LogP contribution in [0.5, 0.6) is 0 Å². The van der Waals surface area contributed by atoms with Crippen molar-refractivity contribution in [2.75, 3.05) is 19.6 Å². The molecule has 0 radical (unpaired) electrons. The van der Waals surface area contributed by atoms with Crippen LogP contribution in [-0.2, 0) is 10.4 Å². The van der Waals surface area contributed by atoms with Gasteiger partial charge in [-0.3, -0.25) is 9.59 Å². The van der Waals surface area contributed by atoms with Crippen molar-refractivity contribution < 1.29 is 25.3 Å². The minimum Gasteiger partial charge on any atom is -0.481 e. The number of benzene rings is 3. The Labute approximate surface area is 218 Å². The number of rotatable bonds is 10. The second-order valence-corrected chi connectivity index (χ2v) is 9.82. The highest BCUT2D eigenvalue weighted by Gasteiger charge is 2.41. The summed E-state index contributed by atoms with van der Waals surface area (Å²) < 4.78 is 0. The summed E-state index contributed by atoms with van der Waals surface area (Å²) in [4.78, 5) is 26.2. The molecule has 3 aromatic rings. The largest absolute Gasteiger partial charge is 0.481 e. The first-order chi connectivity index (χ1) is 17.4. The van der Waals surface area contributed by atoms with Crippen molar-refractivity contribution in [3.63, 3.8) is 0 Å². The van der Waals surface area contributed by atoms with E-state index in [0.29, 0.717) is 17.5 Å². The maximum atomic E-state index is 12.6. The van der Waals surface area contributed by atoms with Gasteiger partial charge in [0.05, 0.1) is 5.92 Å². The molecule has 4 rings (SSSR count). The average molecular weight is 504 g/mol. The molecule has 1 unspecified atom stereocenters. The molecule has 0 saturated carbocycles. The Bertz CT molecular complexity index is 1100. The number of ketones is 1. The fourth-order valence-electron chi connectivity index (χ4n) is 5.30. The SMILES string of the molecule is CC(C(=O)O)c1ccc(C(=O)CCCN2CCC(C(O)(c3ccccc3)c3ccccc3)CC2)cc1.O. The number of carboxylic acids is 1. The molecular formula is C31H37NO5. The molecule has 0 amide bonds. The van der Waals surface area contributed by atoms with Crippen LogP contribution in [0.2, 0.25) is 0 Å². The highest BCUT2D eigenvalue weighted by atomic mass is 16.4. The quantitative estimate of drug-likeness (QED) is 0.391. The molecule has 1 aliphatic heterocycles. The van der Waals surface area contributed by atoms with Crippen molar-refractivity contribution in [1.29, 1.82) is 0 Å². The van der Waals surface area contributed by atoms with Gasteiger partial charge in [0.2, 0.25) is 0 Å². The summed E-state index contributed by atoms with van der Waals surface area (Å²) in [6.07, 6.45) is 3.01. The van der Waals surface area contributed by atoms with Gasteiger partial charge in [0.25, 0.3) is 0 Å². The van der Waals surface area contributed by atoms with Crippen LogP contribution in [0.3, 0.4) is 0 Å². The fraction of sp³-hybridized carbons (Fsp3) is 0.355. The number of piperidine rings is 1. The fourth-order valence-corrected chi connectivity index (χ4v) is 5.30. The van der Waals surface area contributed by atoms with E-state index >= 15 is 0 Å². The summed E-state index contributed by atoms with van der Waals surface area (Å²) in [7, 11) is 0. The predicted octanol–water partition coefficient (Wildman–Crippen LogP) is 4.66. The summed E-state index contributed by atoms with van der Waals surface area (Å²) in [5, 5.41) is 21.2. The lowest BCUT2D eigenvalue weighted by Crippen LogP contribution is -2.44. The molecule has 6 nitrogen and oxygen atoms in total. The van der Waals surface area contributed by atoms with E-state index in [0.717, 1.165) is 50.0 Å². The average Bonchev–Trinajstić information content (AvgIpc) is 2.93. The molecule has 1 aliphatic rings. The van der Waals surface area contributed by atoms with Crippen LogP contribution in [0.4, 0.5) is 0 Å². The summed E-state index contributed by atoms with van der Waals surface area (Å²) >= 11 is 0. The van der Waals surface area contributed by atoms with E-state index in [9.17, 15) is 14.7 Å². The van der Waals surface area contributed by atoms with Gasteiger partial charge in [0.15, 0.2) is 5.78 Å². The topological polar surface area (TPSA) is 109 Å². The Morgan fingerprint density at radius 3 is 1.89 bits per heavy atom. The number of carbonyl (C=O) groups is 2. The Kier molecular flexibility index (Phi) is 9.75. The molecule has 4 N–H and O–H groups in total. The zero-order valence-corrected chi connectivity index (χ0v) is 21.3. The van der Waals surface area contributed by atoms with Crippen molar-refractivity contribution in [1.82, 2.24) is 4.90 Å². The van der Waals surface area contributed by atoms with Crippen molar-refractivity contribution in [2.45, 2.75) is 44.1 Å². The molecule has 0 aliphatic carbocycles. The van der Waals surface area contributed by atoms with Crippen LogP contribution in [0.25, 0.3) is 0 Å². The van der Waals surface area contributed by atoms with Crippen molar-refractivity contribution >= 4 is 11.8 Å². The molecule has 0 aromatic heterocycles. The van der Waals surface area contributed by atoms with E-state index in [4.69, 9.17) is 5.11 Å². The molecule has 37 heavy (non-hydrogen) atoms. The predicted molar refractivity (Wildman–Crippen MR) is 145 cm³/mol. The summed E-state index contributed by atoms with van der Waals surface area (Å²) in [5.74, 6) is -1.25. The van der Waals surface area contributed by atoms with Crippen LogP contribution in [-0.4, -0.2) is 52.0 Å². The van der Waals surface area contributed by atoms with Gasteiger partial charge in [-0.05, 0) is 68.4 Å². The Morgan fingerprint density at radius 1 is 0.892 bits per heavy atom. The first-order valence-corrected chi connectivity index (χ1v) is 12.8. The van der Waals surface area contributed by atoms with E-state index in [-0.39, 0.29) is 17.2 Å². The van der Waals surface area contributed by atoms with Crippen LogP contribution in [0.1, 0.15) is 65.6 Å². The molecule has 1 saturated heterocycles. The van der Waals surface area contributed by atoms with Gasteiger partial charge in [0.1, 0.15) is 5.60 Å². The van der Waals surface area contributed by atoms with Crippen LogP contribution < -0.4 is 0 Å². The molecule has 196 valence electrons. The van der Waals surface area contributed by atoms with Crippen LogP contribution in [0.15, 0.2) is 84.9 Å². The number of carbonyl (C=O) groups excluding carboxylic acids is 1. The Hall–Kier alpha value is -3.32. The maximum absolute atomic E-state index is 12.6. The van der Waals surface area contributed by atoms with Crippen LogP contribution >= 0.6 is 0 Å². The third kappa shape index (κ3) is 6.52. The highest BCUT2D eigenvalue weighted by Crippen LogP contribution is 2.41. The smallest absolute Gasteiger partial charge is 0.310 e. The maximum Gasteiger partial charge on any atom is 0.310 e. The second kappa shape index (κ2) is 12.8. The molecule has 0 bridgehead atoms. The highest BCUT2D eigenvalue weighted by molar-refractivity contribution is 5.96. The van der Waals surface area contributed by atoms with Gasteiger partial charge in [-0.2, -0.15) is 0 Å². The second-order valence-electron chi connectivity index (χ2n) is 9.82. The van der Waals surface area contributed by atoms with E-state index in [1.165, 1.54) is 0 Å². The summed E-state index contributed by atoms with van der Waals surface area (Å²) in [5.41, 5.74) is 2.18. The number of aliphatic hydroxyl groups is 1. The Morgan fingerprint density at radius 2 is 1.41 bits per heavy atom. The van der Waals surface area contributed by atoms with Crippen molar-refractivity contribution in [3.05, 3.63) is 107 Å². The lowest BCUT2D eigenvalue weighted by atomic mass is 9.72. The van der Waals surface area contributed by atoms with E-state index < -0.39 is 17.5 Å². The number of hydrogen-bond acceptors (Lipinski definition) is 4. The molecule has 3 aromatic carbocycles. The number of aliphatic carboxylic acids is 1. The molecule has 6 heteroatoms. The van der Waals surface area contributed by atoms with E-state index in [1.807, 2.05) is 60.7 Å². The Balaban J connectivity index is 0.00000380. The van der Waals surface area contributed by atoms with Crippen molar-refractivity contribution in [3.8, 4) is 0 Å². The third-order valence-electron chi connectivity index (χ3n) is 7.59. The monoisotopic (exact) mass is 503 g/mol. The zero-order chi connectivity index (χ0) is 25.5.